The highest BCUT2D eigenvalue weighted by molar-refractivity contribution is 5.88. The highest BCUT2D eigenvalue weighted by Gasteiger charge is 2.25. The summed E-state index contributed by atoms with van der Waals surface area (Å²) >= 11 is 0. The number of rotatable bonds is 5. The smallest absolute Gasteiger partial charge is 0.335 e. The van der Waals surface area contributed by atoms with E-state index in [1.807, 2.05) is 11.8 Å². The van der Waals surface area contributed by atoms with Crippen LogP contribution in [0.3, 0.4) is 0 Å². The molecule has 4 heteroatoms. The first kappa shape index (κ1) is 11.9. The molecule has 1 aromatic carbocycles. The van der Waals surface area contributed by atoms with Crippen molar-refractivity contribution in [2.24, 2.45) is 5.92 Å². The molecule has 1 N–H and O–H groups in total. The Labute approximate surface area is 99.9 Å². The van der Waals surface area contributed by atoms with Gasteiger partial charge in [-0.05, 0) is 43.9 Å². The number of carboxylic acids is 1. The average Bonchev–Trinajstić information content (AvgIpc) is 3.10. The van der Waals surface area contributed by atoms with E-state index in [4.69, 9.17) is 5.11 Å². The maximum absolute atomic E-state index is 13.8. The van der Waals surface area contributed by atoms with Gasteiger partial charge in [0.15, 0.2) is 0 Å². The Morgan fingerprint density at radius 3 is 2.71 bits per heavy atom. The minimum Gasteiger partial charge on any atom is -0.478 e. The zero-order valence-electron chi connectivity index (χ0n) is 9.82. The van der Waals surface area contributed by atoms with Crippen LogP contribution < -0.4 is 4.90 Å². The molecule has 1 aliphatic rings. The van der Waals surface area contributed by atoms with Crippen LogP contribution in [0.15, 0.2) is 18.2 Å². The van der Waals surface area contributed by atoms with E-state index in [1.54, 1.807) is 6.07 Å². The van der Waals surface area contributed by atoms with Gasteiger partial charge < -0.3 is 10.0 Å². The highest BCUT2D eigenvalue weighted by atomic mass is 19.1. The number of benzene rings is 1. The first-order valence-electron chi connectivity index (χ1n) is 5.89. The normalized spacial score (nSPS) is 14.7. The van der Waals surface area contributed by atoms with Crippen LogP contribution in [0.5, 0.6) is 0 Å². The summed E-state index contributed by atoms with van der Waals surface area (Å²) in [6.45, 7) is 3.58. The molecule has 1 saturated carbocycles. The summed E-state index contributed by atoms with van der Waals surface area (Å²) in [5.74, 6) is -0.874. The molecule has 0 amide bonds. The van der Waals surface area contributed by atoms with Gasteiger partial charge >= 0.3 is 5.97 Å². The summed E-state index contributed by atoms with van der Waals surface area (Å²) in [5, 5.41) is 8.77. The van der Waals surface area contributed by atoms with Gasteiger partial charge in [0.05, 0.1) is 11.3 Å². The zero-order valence-corrected chi connectivity index (χ0v) is 9.82. The Bertz CT molecular complexity index is 429. The maximum atomic E-state index is 13.8. The van der Waals surface area contributed by atoms with Crippen LogP contribution in [0.2, 0.25) is 0 Å². The Hall–Kier alpha value is -1.58. The fourth-order valence-electron chi connectivity index (χ4n) is 1.91. The van der Waals surface area contributed by atoms with Gasteiger partial charge in [-0.25, -0.2) is 9.18 Å². The molecule has 92 valence electrons. The first-order valence-corrected chi connectivity index (χ1v) is 5.89. The van der Waals surface area contributed by atoms with Crippen molar-refractivity contribution in [3.05, 3.63) is 29.6 Å². The number of anilines is 1. The van der Waals surface area contributed by atoms with Gasteiger partial charge in [-0.3, -0.25) is 0 Å². The van der Waals surface area contributed by atoms with Crippen LogP contribution in [0.25, 0.3) is 0 Å². The Kier molecular flexibility index (Phi) is 3.31. The standard InChI is InChI=1S/C13H16FNO2/c1-2-15(8-9-3-4-9)12-6-5-10(13(16)17)7-11(12)14/h5-7,9H,2-4,8H2,1H3,(H,16,17). The maximum Gasteiger partial charge on any atom is 0.335 e. The molecule has 1 aliphatic carbocycles. The van der Waals surface area contributed by atoms with E-state index in [1.165, 1.54) is 18.9 Å². The van der Waals surface area contributed by atoms with Crippen molar-refractivity contribution in [2.75, 3.05) is 18.0 Å². The Balaban J connectivity index is 2.20. The van der Waals surface area contributed by atoms with Crippen molar-refractivity contribution in [1.29, 1.82) is 0 Å². The number of aromatic carboxylic acids is 1. The quantitative estimate of drug-likeness (QED) is 0.856. The molecule has 0 radical (unpaired) electrons. The largest absolute Gasteiger partial charge is 0.478 e. The van der Waals surface area contributed by atoms with E-state index in [-0.39, 0.29) is 5.56 Å². The molecule has 3 nitrogen and oxygen atoms in total. The predicted molar refractivity (Wildman–Crippen MR) is 64.0 cm³/mol. The summed E-state index contributed by atoms with van der Waals surface area (Å²) in [4.78, 5) is 12.7. The lowest BCUT2D eigenvalue weighted by Gasteiger charge is -2.23. The average molecular weight is 237 g/mol. The lowest BCUT2D eigenvalue weighted by Crippen LogP contribution is -2.26. The molecule has 0 saturated heterocycles. The van der Waals surface area contributed by atoms with Crippen LogP contribution in [0, 0.1) is 11.7 Å². The Morgan fingerprint density at radius 1 is 1.53 bits per heavy atom. The molecule has 1 aromatic rings. The van der Waals surface area contributed by atoms with Crippen LogP contribution in [0.1, 0.15) is 30.1 Å². The SMILES string of the molecule is CCN(CC1CC1)c1ccc(C(=O)O)cc1F. The summed E-state index contributed by atoms with van der Waals surface area (Å²) < 4.78 is 13.8. The van der Waals surface area contributed by atoms with Crippen molar-refractivity contribution in [1.82, 2.24) is 0 Å². The lowest BCUT2D eigenvalue weighted by atomic mass is 10.1. The number of carbonyl (C=O) groups is 1. The molecule has 0 bridgehead atoms. The van der Waals surface area contributed by atoms with Gasteiger partial charge in [0.1, 0.15) is 5.82 Å². The summed E-state index contributed by atoms with van der Waals surface area (Å²) in [6.07, 6.45) is 2.43. The second-order valence-corrected chi connectivity index (χ2v) is 4.45. The molecule has 0 unspecified atom stereocenters. The third kappa shape index (κ3) is 2.75. The molecule has 0 aliphatic heterocycles. The Morgan fingerprint density at radius 2 is 2.24 bits per heavy atom. The third-order valence-corrected chi connectivity index (χ3v) is 3.09. The van der Waals surface area contributed by atoms with Crippen molar-refractivity contribution < 1.29 is 14.3 Å². The second kappa shape index (κ2) is 4.73. The number of halogens is 1. The van der Waals surface area contributed by atoms with E-state index in [9.17, 15) is 9.18 Å². The molecule has 0 heterocycles. The molecule has 0 spiro atoms. The monoisotopic (exact) mass is 237 g/mol. The highest BCUT2D eigenvalue weighted by Crippen LogP contribution is 2.32. The van der Waals surface area contributed by atoms with Crippen LogP contribution in [0.4, 0.5) is 10.1 Å². The number of hydrogen-bond acceptors (Lipinski definition) is 2. The molecule has 2 rings (SSSR count). The molecular weight excluding hydrogens is 221 g/mol. The number of nitrogens with zero attached hydrogens (tertiary/aromatic N) is 1. The third-order valence-electron chi connectivity index (χ3n) is 3.09. The first-order chi connectivity index (χ1) is 8.11. The van der Waals surface area contributed by atoms with Crippen molar-refractivity contribution in [3.8, 4) is 0 Å². The van der Waals surface area contributed by atoms with Crippen LogP contribution in [-0.4, -0.2) is 24.2 Å². The van der Waals surface area contributed by atoms with E-state index in [0.717, 1.165) is 19.2 Å². The summed E-state index contributed by atoms with van der Waals surface area (Å²) in [7, 11) is 0. The van der Waals surface area contributed by atoms with Crippen molar-refractivity contribution in [2.45, 2.75) is 19.8 Å². The molecular formula is C13H16FNO2. The fourth-order valence-corrected chi connectivity index (χ4v) is 1.91. The minimum absolute atomic E-state index is 0.00581. The van der Waals surface area contributed by atoms with Gasteiger partial charge in [-0.1, -0.05) is 0 Å². The van der Waals surface area contributed by atoms with Gasteiger partial charge in [-0.2, -0.15) is 0 Å². The van der Waals surface area contributed by atoms with Crippen molar-refractivity contribution >= 4 is 11.7 Å². The van der Waals surface area contributed by atoms with E-state index < -0.39 is 11.8 Å². The topological polar surface area (TPSA) is 40.5 Å². The van der Waals surface area contributed by atoms with Gasteiger partial charge in [0, 0.05) is 13.1 Å². The zero-order chi connectivity index (χ0) is 12.4. The summed E-state index contributed by atoms with van der Waals surface area (Å²) in [6, 6.07) is 4.11. The van der Waals surface area contributed by atoms with Crippen LogP contribution >= 0.6 is 0 Å². The predicted octanol–water partition coefficient (Wildman–Crippen LogP) is 2.76. The van der Waals surface area contributed by atoms with Crippen LogP contribution in [-0.2, 0) is 0 Å². The summed E-state index contributed by atoms with van der Waals surface area (Å²) in [5.41, 5.74) is 0.498. The number of carboxylic acid groups (broad SMARTS) is 1. The number of hydrogen-bond donors (Lipinski definition) is 1. The van der Waals surface area contributed by atoms with Crippen molar-refractivity contribution in [3.63, 3.8) is 0 Å². The molecule has 1 fully saturated rings. The van der Waals surface area contributed by atoms with E-state index >= 15 is 0 Å². The van der Waals surface area contributed by atoms with Gasteiger partial charge in [0.25, 0.3) is 0 Å². The molecule has 17 heavy (non-hydrogen) atoms. The second-order valence-electron chi connectivity index (χ2n) is 4.45. The molecule has 0 aromatic heterocycles. The fraction of sp³-hybridized carbons (Fsp3) is 0.462. The molecule has 0 atom stereocenters. The van der Waals surface area contributed by atoms with E-state index in [0.29, 0.717) is 11.6 Å². The van der Waals surface area contributed by atoms with Gasteiger partial charge in [-0.15, -0.1) is 0 Å². The van der Waals surface area contributed by atoms with Gasteiger partial charge in [0.2, 0.25) is 0 Å². The lowest BCUT2D eigenvalue weighted by molar-refractivity contribution is 0.0696. The van der Waals surface area contributed by atoms with E-state index in [2.05, 4.69) is 0 Å². The minimum atomic E-state index is -1.10.